The number of nitrogens with zero attached hydrogens (tertiary/aromatic N) is 3. The number of amides is 6. The molecule has 1 aromatic rings. The van der Waals surface area contributed by atoms with E-state index in [9.17, 15) is 37.2 Å². The Kier molecular flexibility index (Phi) is 11.6. The highest BCUT2D eigenvalue weighted by molar-refractivity contribution is 7.91. The van der Waals surface area contributed by atoms with Gasteiger partial charge < -0.3 is 29.9 Å². The van der Waals surface area contributed by atoms with Gasteiger partial charge in [-0.25, -0.2) is 18.0 Å². The van der Waals surface area contributed by atoms with Gasteiger partial charge in [-0.1, -0.05) is 57.2 Å². The Morgan fingerprint density at radius 1 is 1.03 bits per heavy atom. The lowest BCUT2D eigenvalue weighted by Gasteiger charge is -2.32. The standard InChI is InChI=1S/C41H54N6O10S/c1-4-34(48)45-18-9-5-6-14-28-20-41(28,37(51)44-58(54,55)30-15-16-30)43-35(49)33-19-29-22-47(33)36(50)32(24-45)42-38(52)56-25-40(2,3)17-8-7-11-26-12-10-13-27-21-46(23-31(26)27)39(53)57-29/h4,6,10,12-14,28-30,32-33H,1,5,7-9,11,15-25H2,2-3H3,(H,42,52)(H,43,49)(H,44,51)/b14-6-/t28-,29-,32+,33+,41-/m1/s1. The number of rotatable bonds is 4. The fraction of sp³-hybridized carbons (Fsp3) is 0.610. The predicted molar refractivity (Wildman–Crippen MR) is 210 cm³/mol. The predicted octanol–water partition coefficient (Wildman–Crippen LogP) is 2.80. The van der Waals surface area contributed by atoms with Crippen molar-refractivity contribution in [3.63, 3.8) is 0 Å². The number of alkyl carbamates (subject to hydrolysis) is 1. The molecule has 4 heterocycles. The molecule has 17 heteroatoms. The van der Waals surface area contributed by atoms with Gasteiger partial charge in [0.2, 0.25) is 27.7 Å². The second-order valence-electron chi connectivity index (χ2n) is 17.3. The molecule has 0 aromatic heterocycles. The second-order valence-corrected chi connectivity index (χ2v) is 19.3. The van der Waals surface area contributed by atoms with Crippen molar-refractivity contribution in [1.29, 1.82) is 0 Å². The number of fused-ring (bicyclic) bond motifs is 4. The van der Waals surface area contributed by atoms with Gasteiger partial charge >= 0.3 is 12.2 Å². The molecule has 314 valence electrons. The van der Waals surface area contributed by atoms with Crippen LogP contribution in [0.25, 0.3) is 0 Å². The molecule has 6 aliphatic rings. The summed E-state index contributed by atoms with van der Waals surface area (Å²) in [5.74, 6) is -3.38. The van der Waals surface area contributed by atoms with Crippen LogP contribution in [-0.2, 0) is 58.2 Å². The molecule has 7 rings (SSSR count). The minimum Gasteiger partial charge on any atom is -0.449 e. The lowest BCUT2D eigenvalue weighted by atomic mass is 9.87. The third-order valence-corrected chi connectivity index (χ3v) is 14.0. The van der Waals surface area contributed by atoms with E-state index in [-0.39, 0.29) is 39.1 Å². The van der Waals surface area contributed by atoms with Crippen LogP contribution in [-0.4, -0.2) is 114 Å². The number of carbonyl (C=O) groups is 6. The molecule has 3 N–H and O–H groups in total. The van der Waals surface area contributed by atoms with Crippen molar-refractivity contribution >= 4 is 45.8 Å². The van der Waals surface area contributed by atoms with E-state index in [0.717, 1.165) is 48.4 Å². The molecule has 58 heavy (non-hydrogen) atoms. The Morgan fingerprint density at radius 3 is 2.57 bits per heavy atom. The number of cyclic esters (lactones) is 1. The fourth-order valence-electron chi connectivity index (χ4n) is 8.54. The summed E-state index contributed by atoms with van der Waals surface area (Å²) in [7, 11) is -3.96. The monoisotopic (exact) mass is 822 g/mol. The van der Waals surface area contributed by atoms with Crippen LogP contribution in [0.2, 0.25) is 0 Å². The molecule has 0 radical (unpaired) electrons. The highest BCUT2D eigenvalue weighted by atomic mass is 32.2. The minimum absolute atomic E-state index is 0.0611. The van der Waals surface area contributed by atoms with Crippen LogP contribution in [0.4, 0.5) is 9.59 Å². The van der Waals surface area contributed by atoms with Gasteiger partial charge in [0.05, 0.1) is 24.9 Å². The summed E-state index contributed by atoms with van der Waals surface area (Å²) >= 11 is 0. The van der Waals surface area contributed by atoms with Crippen LogP contribution in [0.1, 0.15) is 88.3 Å². The molecule has 1 aromatic carbocycles. The first-order chi connectivity index (χ1) is 27.6. The van der Waals surface area contributed by atoms with E-state index in [0.29, 0.717) is 38.8 Å². The van der Waals surface area contributed by atoms with E-state index in [1.54, 1.807) is 11.0 Å². The molecular weight excluding hydrogens is 769 g/mol. The molecule has 1 saturated heterocycles. The van der Waals surface area contributed by atoms with Crippen molar-refractivity contribution in [3.8, 4) is 0 Å². The number of nitrogens with one attached hydrogen (secondary N) is 3. The van der Waals surface area contributed by atoms with Crippen LogP contribution < -0.4 is 15.4 Å². The fourth-order valence-corrected chi connectivity index (χ4v) is 9.90. The van der Waals surface area contributed by atoms with E-state index in [1.165, 1.54) is 9.80 Å². The number of ether oxygens (including phenoxy) is 2. The normalized spacial score (nSPS) is 30.0. The first-order valence-corrected chi connectivity index (χ1v) is 21.9. The molecule has 4 aliphatic heterocycles. The SMILES string of the molecule is C=CC(=O)N1CCC/C=C\[C@@H]2C[C@@]2(C(=O)NS(=O)(=O)C2CC2)NC(=O)[C@@H]2C[C@@H]3CN2C(=O)[C@H](C1)NC(=O)OCC(C)(C)CCCCc1cccc2c1CN(C2)C(=O)O3. The quantitative estimate of drug-likeness (QED) is 0.300. The molecule has 2 saturated carbocycles. The Bertz CT molecular complexity index is 2000. The Hall–Kier alpha value is -4.93. The number of hydrogen-bond donors (Lipinski definition) is 3. The van der Waals surface area contributed by atoms with Crippen molar-refractivity contribution < 1.29 is 46.7 Å². The first kappa shape index (κ1) is 41.2. The average molecular weight is 823 g/mol. The molecule has 5 atom stereocenters. The number of hydrogen-bond acceptors (Lipinski definition) is 10. The molecule has 2 aliphatic carbocycles. The van der Waals surface area contributed by atoms with Gasteiger partial charge in [-0.2, -0.15) is 0 Å². The summed E-state index contributed by atoms with van der Waals surface area (Å²) in [4.78, 5) is 87.6. The molecule has 5 bridgehead atoms. The number of carbonyl (C=O) groups excluding carboxylic acids is 6. The molecule has 0 unspecified atom stereocenters. The maximum Gasteiger partial charge on any atom is 0.410 e. The van der Waals surface area contributed by atoms with Crippen LogP contribution >= 0.6 is 0 Å². The van der Waals surface area contributed by atoms with E-state index in [1.807, 2.05) is 32.1 Å². The summed E-state index contributed by atoms with van der Waals surface area (Å²) < 4.78 is 39.7. The van der Waals surface area contributed by atoms with Gasteiger partial charge in [-0.15, -0.1) is 0 Å². The molecule has 3 fully saturated rings. The second kappa shape index (κ2) is 16.4. The van der Waals surface area contributed by atoms with E-state index >= 15 is 0 Å². The number of sulfonamides is 1. The van der Waals surface area contributed by atoms with Gasteiger partial charge in [-0.3, -0.25) is 28.8 Å². The largest absolute Gasteiger partial charge is 0.449 e. The van der Waals surface area contributed by atoms with Crippen LogP contribution in [0.3, 0.4) is 0 Å². The van der Waals surface area contributed by atoms with Crippen molar-refractivity contribution in [2.24, 2.45) is 11.3 Å². The summed E-state index contributed by atoms with van der Waals surface area (Å²) in [5, 5.41) is 4.79. The molecule has 16 nitrogen and oxygen atoms in total. The summed E-state index contributed by atoms with van der Waals surface area (Å²) in [6.45, 7) is 8.03. The third-order valence-electron chi connectivity index (χ3n) is 12.2. The summed E-state index contributed by atoms with van der Waals surface area (Å²) in [6.07, 6.45) is 7.27. The number of aryl methyl sites for hydroxylation is 1. The van der Waals surface area contributed by atoms with Gasteiger partial charge in [0.25, 0.3) is 5.91 Å². The van der Waals surface area contributed by atoms with Crippen molar-refractivity contribution in [2.75, 3.05) is 26.2 Å². The van der Waals surface area contributed by atoms with E-state index in [4.69, 9.17) is 9.47 Å². The molecular formula is C41H54N6O10S. The zero-order valence-electron chi connectivity index (χ0n) is 33.2. The third kappa shape index (κ3) is 9.03. The van der Waals surface area contributed by atoms with Gasteiger partial charge in [0.1, 0.15) is 23.7 Å². The Labute approximate surface area is 339 Å². The van der Waals surface area contributed by atoms with Crippen molar-refractivity contribution in [3.05, 3.63) is 59.7 Å². The number of allylic oxidation sites excluding steroid dienone is 1. The van der Waals surface area contributed by atoms with Gasteiger partial charge in [0, 0.05) is 32.0 Å². The lowest BCUT2D eigenvalue weighted by Crippen LogP contribution is -2.60. The topological polar surface area (TPSA) is 201 Å². The minimum atomic E-state index is -3.96. The lowest BCUT2D eigenvalue weighted by molar-refractivity contribution is -0.142. The zero-order chi connectivity index (χ0) is 41.4. The van der Waals surface area contributed by atoms with E-state index in [2.05, 4.69) is 28.0 Å². The van der Waals surface area contributed by atoms with Gasteiger partial charge in [0.15, 0.2) is 0 Å². The zero-order valence-corrected chi connectivity index (χ0v) is 34.0. The summed E-state index contributed by atoms with van der Waals surface area (Å²) in [6, 6.07) is 3.35. The first-order valence-electron chi connectivity index (χ1n) is 20.3. The highest BCUT2D eigenvalue weighted by Crippen LogP contribution is 2.46. The maximum atomic E-state index is 14.8. The molecule has 6 amide bonds. The van der Waals surface area contributed by atoms with Crippen LogP contribution in [0.15, 0.2) is 43.0 Å². The van der Waals surface area contributed by atoms with Crippen molar-refractivity contribution in [2.45, 2.75) is 120 Å². The maximum absolute atomic E-state index is 14.8. The smallest absolute Gasteiger partial charge is 0.410 e. The average Bonchev–Trinajstić information content (AvgIpc) is 4.07. The van der Waals surface area contributed by atoms with Crippen LogP contribution in [0.5, 0.6) is 0 Å². The van der Waals surface area contributed by atoms with Gasteiger partial charge in [-0.05, 0) is 79.5 Å². The summed E-state index contributed by atoms with van der Waals surface area (Å²) in [5.41, 5.74) is 1.24. The highest BCUT2D eigenvalue weighted by Gasteiger charge is 2.62. The van der Waals surface area contributed by atoms with Crippen molar-refractivity contribution in [1.82, 2.24) is 30.1 Å². The Morgan fingerprint density at radius 2 is 1.81 bits per heavy atom. The molecule has 0 spiro atoms. The number of benzene rings is 1. The van der Waals surface area contributed by atoms with E-state index < -0.39 is 86.1 Å². The Balaban J connectivity index is 1.22. The van der Waals surface area contributed by atoms with Crippen LogP contribution in [0, 0.1) is 11.3 Å².